The number of ether oxygens (including phenoxy) is 1. The van der Waals surface area contributed by atoms with Crippen LogP contribution in [0.25, 0.3) is 0 Å². The van der Waals surface area contributed by atoms with Gasteiger partial charge in [0.05, 0.1) is 12.5 Å². The fourth-order valence-corrected chi connectivity index (χ4v) is 1.65. The number of esters is 1. The quantitative estimate of drug-likeness (QED) is 0.643. The van der Waals surface area contributed by atoms with E-state index in [1.807, 2.05) is 0 Å². The third-order valence-corrected chi connectivity index (χ3v) is 2.67. The number of benzene rings is 1. The van der Waals surface area contributed by atoms with E-state index in [1.54, 1.807) is 37.3 Å². The minimum Gasteiger partial charge on any atom is -0.481 e. The van der Waals surface area contributed by atoms with E-state index in [4.69, 9.17) is 0 Å². The van der Waals surface area contributed by atoms with Gasteiger partial charge in [-0.15, -0.1) is 0 Å². The molecule has 1 unspecified atom stereocenters. The molecule has 0 aromatic heterocycles. The molecule has 1 rings (SSSR count). The Morgan fingerprint density at radius 2 is 1.86 bits per heavy atom. The number of carboxylic acid groups (broad SMARTS) is 1. The summed E-state index contributed by atoms with van der Waals surface area (Å²) in [6, 6.07) is 7.97. The molecule has 0 aliphatic heterocycles. The van der Waals surface area contributed by atoms with Gasteiger partial charge in [-0.1, -0.05) is 30.3 Å². The summed E-state index contributed by atoms with van der Waals surface area (Å²) in [7, 11) is 0. The molecule has 0 saturated carbocycles. The van der Waals surface area contributed by atoms with Crippen molar-refractivity contribution in [2.75, 3.05) is 19.7 Å². The van der Waals surface area contributed by atoms with Crippen LogP contribution in [0.5, 0.6) is 0 Å². The van der Waals surface area contributed by atoms with E-state index in [0.29, 0.717) is 5.56 Å². The summed E-state index contributed by atoms with van der Waals surface area (Å²) in [5, 5.41) is 13.9. The first-order chi connectivity index (χ1) is 10.0. The average Bonchev–Trinajstić information content (AvgIpc) is 2.46. The molecule has 21 heavy (non-hydrogen) atoms. The Kier molecular flexibility index (Phi) is 6.73. The lowest BCUT2D eigenvalue weighted by Crippen LogP contribution is -2.41. The molecule has 114 valence electrons. The van der Waals surface area contributed by atoms with E-state index < -0.39 is 23.9 Å². The van der Waals surface area contributed by atoms with Crippen molar-refractivity contribution in [3.05, 3.63) is 35.9 Å². The SMILES string of the molecule is CCOC(=O)CNC(=O)NCC(C(=O)O)c1ccccc1. The van der Waals surface area contributed by atoms with Gasteiger partial charge in [-0.3, -0.25) is 9.59 Å². The maximum atomic E-state index is 11.5. The molecule has 1 atom stereocenters. The number of hydrogen-bond donors (Lipinski definition) is 3. The first-order valence-electron chi connectivity index (χ1n) is 6.49. The highest BCUT2D eigenvalue weighted by atomic mass is 16.5. The predicted molar refractivity (Wildman–Crippen MR) is 74.9 cm³/mol. The second-order valence-electron chi connectivity index (χ2n) is 4.17. The lowest BCUT2D eigenvalue weighted by molar-refractivity contribution is -0.142. The van der Waals surface area contributed by atoms with Crippen LogP contribution >= 0.6 is 0 Å². The van der Waals surface area contributed by atoms with Crippen molar-refractivity contribution >= 4 is 18.0 Å². The van der Waals surface area contributed by atoms with Crippen LogP contribution in [0.4, 0.5) is 4.79 Å². The number of amides is 2. The van der Waals surface area contributed by atoms with Crippen molar-refractivity contribution in [3.8, 4) is 0 Å². The van der Waals surface area contributed by atoms with Crippen molar-refractivity contribution in [1.29, 1.82) is 0 Å². The number of nitrogens with one attached hydrogen (secondary N) is 2. The molecule has 0 aliphatic carbocycles. The zero-order valence-electron chi connectivity index (χ0n) is 11.7. The van der Waals surface area contributed by atoms with Crippen LogP contribution in [-0.2, 0) is 14.3 Å². The highest BCUT2D eigenvalue weighted by Gasteiger charge is 2.20. The molecule has 0 fully saturated rings. The Bertz CT molecular complexity index is 489. The zero-order chi connectivity index (χ0) is 15.7. The molecular weight excluding hydrogens is 276 g/mol. The van der Waals surface area contributed by atoms with Gasteiger partial charge >= 0.3 is 18.0 Å². The van der Waals surface area contributed by atoms with Crippen molar-refractivity contribution in [2.24, 2.45) is 0 Å². The maximum Gasteiger partial charge on any atom is 0.325 e. The monoisotopic (exact) mass is 294 g/mol. The summed E-state index contributed by atoms with van der Waals surface area (Å²) in [6.07, 6.45) is 0. The van der Waals surface area contributed by atoms with Gasteiger partial charge in [0.15, 0.2) is 0 Å². The Morgan fingerprint density at radius 1 is 1.19 bits per heavy atom. The number of hydrogen-bond acceptors (Lipinski definition) is 4. The lowest BCUT2D eigenvalue weighted by Gasteiger charge is -2.14. The van der Waals surface area contributed by atoms with E-state index in [1.165, 1.54) is 0 Å². The van der Waals surface area contributed by atoms with E-state index in [-0.39, 0.29) is 19.7 Å². The standard InChI is InChI=1S/C14H18N2O5/c1-2-21-12(17)9-16-14(20)15-8-11(13(18)19)10-6-4-3-5-7-10/h3-7,11H,2,8-9H2,1H3,(H,18,19)(H2,15,16,20). The van der Waals surface area contributed by atoms with Crippen LogP contribution < -0.4 is 10.6 Å². The Hall–Kier alpha value is -2.57. The van der Waals surface area contributed by atoms with Gasteiger partial charge in [-0.2, -0.15) is 0 Å². The van der Waals surface area contributed by atoms with Gasteiger partial charge in [-0.25, -0.2) is 4.79 Å². The molecule has 3 N–H and O–H groups in total. The number of carbonyl (C=O) groups is 3. The van der Waals surface area contributed by atoms with Gasteiger partial charge in [-0.05, 0) is 12.5 Å². The van der Waals surface area contributed by atoms with Crippen LogP contribution in [0.3, 0.4) is 0 Å². The molecule has 0 heterocycles. The van der Waals surface area contributed by atoms with Crippen molar-refractivity contribution in [1.82, 2.24) is 10.6 Å². The normalized spacial score (nSPS) is 11.3. The van der Waals surface area contributed by atoms with E-state index in [0.717, 1.165) is 0 Å². The van der Waals surface area contributed by atoms with Crippen molar-refractivity contribution in [3.63, 3.8) is 0 Å². The number of carboxylic acids is 1. The molecule has 0 spiro atoms. The number of urea groups is 1. The van der Waals surface area contributed by atoms with Crippen molar-refractivity contribution in [2.45, 2.75) is 12.8 Å². The lowest BCUT2D eigenvalue weighted by atomic mass is 9.99. The molecule has 1 aromatic carbocycles. The van der Waals surface area contributed by atoms with Crippen LogP contribution in [0, 0.1) is 0 Å². The van der Waals surface area contributed by atoms with E-state index in [2.05, 4.69) is 15.4 Å². The first kappa shape index (κ1) is 16.5. The van der Waals surface area contributed by atoms with E-state index in [9.17, 15) is 19.5 Å². The smallest absolute Gasteiger partial charge is 0.325 e. The van der Waals surface area contributed by atoms with Crippen LogP contribution in [0.2, 0.25) is 0 Å². The number of carbonyl (C=O) groups excluding carboxylic acids is 2. The second-order valence-corrected chi connectivity index (χ2v) is 4.17. The molecule has 7 nitrogen and oxygen atoms in total. The minimum absolute atomic E-state index is 0.0754. The highest BCUT2D eigenvalue weighted by Crippen LogP contribution is 2.14. The predicted octanol–water partition coefficient (Wildman–Crippen LogP) is 0.717. The maximum absolute atomic E-state index is 11.5. The van der Waals surface area contributed by atoms with Gasteiger partial charge < -0.3 is 20.5 Å². The highest BCUT2D eigenvalue weighted by molar-refractivity contribution is 5.82. The van der Waals surface area contributed by atoms with Gasteiger partial charge in [0, 0.05) is 6.54 Å². The van der Waals surface area contributed by atoms with Gasteiger partial charge in [0.25, 0.3) is 0 Å². The molecule has 0 saturated heterocycles. The summed E-state index contributed by atoms with van der Waals surface area (Å²) in [6.45, 7) is 1.56. The molecule has 7 heteroatoms. The van der Waals surface area contributed by atoms with Gasteiger partial charge in [0.1, 0.15) is 6.54 Å². The van der Waals surface area contributed by atoms with Crippen LogP contribution in [-0.4, -0.2) is 42.8 Å². The average molecular weight is 294 g/mol. The largest absolute Gasteiger partial charge is 0.481 e. The topological polar surface area (TPSA) is 105 Å². The third-order valence-electron chi connectivity index (χ3n) is 2.67. The zero-order valence-corrected chi connectivity index (χ0v) is 11.7. The molecule has 0 radical (unpaired) electrons. The third kappa shape index (κ3) is 5.94. The number of aliphatic carboxylic acids is 1. The molecule has 1 aromatic rings. The van der Waals surface area contributed by atoms with Gasteiger partial charge in [0.2, 0.25) is 0 Å². The number of rotatable bonds is 7. The molecule has 0 bridgehead atoms. The van der Waals surface area contributed by atoms with Crippen molar-refractivity contribution < 1.29 is 24.2 Å². The summed E-state index contributed by atoms with van der Waals surface area (Å²) in [5.41, 5.74) is 0.593. The first-order valence-corrected chi connectivity index (χ1v) is 6.49. The van der Waals surface area contributed by atoms with E-state index >= 15 is 0 Å². The molecular formula is C14H18N2O5. The summed E-state index contributed by atoms with van der Waals surface area (Å²) >= 11 is 0. The molecule has 2 amide bonds. The Morgan fingerprint density at radius 3 is 2.43 bits per heavy atom. The second kappa shape index (κ2) is 8.57. The Labute approximate surface area is 122 Å². The minimum atomic E-state index is -1.04. The molecule has 0 aliphatic rings. The fourth-order valence-electron chi connectivity index (χ4n) is 1.65. The summed E-state index contributed by atoms with van der Waals surface area (Å²) < 4.78 is 4.65. The Balaban J connectivity index is 2.45. The summed E-state index contributed by atoms with van der Waals surface area (Å²) in [5.74, 6) is -2.43. The fraction of sp³-hybridized carbons (Fsp3) is 0.357. The van der Waals surface area contributed by atoms with Crippen LogP contribution in [0.15, 0.2) is 30.3 Å². The van der Waals surface area contributed by atoms with Crippen LogP contribution in [0.1, 0.15) is 18.4 Å². The summed E-state index contributed by atoms with van der Waals surface area (Å²) in [4.78, 5) is 33.8.